The average Bonchev–Trinajstić information content (AvgIpc) is 2.58. The number of aryl methyl sites for hydroxylation is 1. The van der Waals surface area contributed by atoms with Gasteiger partial charge in [0.15, 0.2) is 10.1 Å². The molecule has 0 bridgehead atoms. The second-order valence-electron chi connectivity index (χ2n) is 5.39. The Kier molecular flexibility index (Phi) is 6.38. The normalized spacial score (nSPS) is 11.4. The number of rotatable bonds is 8. The van der Waals surface area contributed by atoms with Crippen LogP contribution in [-0.4, -0.2) is 30.0 Å². The van der Waals surface area contributed by atoms with E-state index in [9.17, 15) is 18.0 Å². The van der Waals surface area contributed by atoms with Crippen molar-refractivity contribution in [3.05, 3.63) is 46.4 Å². The lowest BCUT2D eigenvalue weighted by molar-refractivity contribution is -0.115. The van der Waals surface area contributed by atoms with E-state index in [0.717, 1.165) is 42.8 Å². The molecule has 0 aliphatic heterocycles. The average molecular weight is 381 g/mol. The van der Waals surface area contributed by atoms with Gasteiger partial charge >= 0.3 is 0 Å². The summed E-state index contributed by atoms with van der Waals surface area (Å²) in [6.45, 7) is 2.09. The number of aromatic nitrogens is 2. The maximum Gasteiger partial charge on any atom is 0.270 e. The van der Waals surface area contributed by atoms with Crippen LogP contribution in [0.3, 0.4) is 0 Å². The summed E-state index contributed by atoms with van der Waals surface area (Å²) in [4.78, 5) is 28.7. The summed E-state index contributed by atoms with van der Waals surface area (Å²) < 4.78 is 25.2. The van der Waals surface area contributed by atoms with Crippen LogP contribution in [-0.2, 0) is 21.1 Å². The minimum atomic E-state index is -3.96. The first-order valence-electron chi connectivity index (χ1n) is 7.69. The number of nitrogens with two attached hydrogens (primary N) is 1. The molecule has 0 aliphatic rings. The summed E-state index contributed by atoms with van der Waals surface area (Å²) in [5, 5.41) is 0.137. The van der Waals surface area contributed by atoms with E-state index < -0.39 is 26.2 Å². The molecule has 2 aromatic rings. The molecule has 134 valence electrons. The van der Waals surface area contributed by atoms with Crippen LogP contribution in [0.1, 0.15) is 25.3 Å². The Morgan fingerprint density at radius 1 is 1.28 bits per heavy atom. The number of carbonyl (C=O) groups is 1. The van der Waals surface area contributed by atoms with Crippen LogP contribution in [0.25, 0.3) is 0 Å². The molecule has 0 saturated heterocycles. The van der Waals surface area contributed by atoms with Gasteiger partial charge in [0.2, 0.25) is 15.7 Å². The summed E-state index contributed by atoms with van der Waals surface area (Å²) in [6.07, 6.45) is 3.97. The summed E-state index contributed by atoms with van der Waals surface area (Å²) in [5.74, 6) is -0.624. The third-order valence-corrected chi connectivity index (χ3v) is 6.11. The highest BCUT2D eigenvalue weighted by molar-refractivity contribution is 7.99. The van der Waals surface area contributed by atoms with Gasteiger partial charge in [0.25, 0.3) is 5.56 Å². The van der Waals surface area contributed by atoms with E-state index in [1.54, 1.807) is 12.1 Å². The molecule has 0 saturated carbocycles. The number of amides is 1. The molecule has 1 amide bonds. The topological polar surface area (TPSA) is 123 Å². The minimum Gasteiger partial charge on any atom is -0.369 e. The zero-order valence-electron chi connectivity index (χ0n) is 13.7. The summed E-state index contributed by atoms with van der Waals surface area (Å²) in [5.41, 5.74) is 5.29. The number of sulfone groups is 1. The Bertz CT molecular complexity index is 906. The lowest BCUT2D eigenvalue weighted by atomic mass is 10.1. The van der Waals surface area contributed by atoms with E-state index in [2.05, 4.69) is 16.9 Å². The quantitative estimate of drug-likeness (QED) is 0.528. The van der Waals surface area contributed by atoms with Gasteiger partial charge < -0.3 is 10.7 Å². The zero-order chi connectivity index (χ0) is 18.4. The number of H-pyrrole nitrogens is 1. The first-order valence-corrected chi connectivity index (χ1v) is 10.2. The summed E-state index contributed by atoms with van der Waals surface area (Å²) in [7, 11) is -3.96. The Morgan fingerprint density at radius 2 is 1.96 bits per heavy atom. The third kappa shape index (κ3) is 4.93. The first-order chi connectivity index (χ1) is 11.8. The molecule has 25 heavy (non-hydrogen) atoms. The minimum absolute atomic E-state index is 0.0394. The van der Waals surface area contributed by atoms with Crippen molar-refractivity contribution in [2.75, 3.05) is 5.75 Å². The van der Waals surface area contributed by atoms with Crippen molar-refractivity contribution in [3.8, 4) is 0 Å². The molecule has 0 fully saturated rings. The first kappa shape index (κ1) is 19.2. The summed E-state index contributed by atoms with van der Waals surface area (Å²) >= 11 is 0.931. The zero-order valence-corrected chi connectivity index (χ0v) is 15.3. The number of primary amides is 1. The van der Waals surface area contributed by atoms with E-state index in [1.165, 1.54) is 12.1 Å². The predicted octanol–water partition coefficient (Wildman–Crippen LogP) is 1.52. The van der Waals surface area contributed by atoms with Crippen LogP contribution in [0, 0.1) is 0 Å². The highest BCUT2D eigenvalue weighted by Gasteiger charge is 2.22. The van der Waals surface area contributed by atoms with Crippen molar-refractivity contribution < 1.29 is 13.2 Å². The fourth-order valence-corrected chi connectivity index (χ4v) is 3.92. The third-order valence-electron chi connectivity index (χ3n) is 3.44. The molecule has 0 aliphatic carbocycles. The molecule has 2 rings (SSSR count). The number of nitrogens with one attached hydrogen (secondary N) is 1. The Balaban J connectivity index is 2.27. The SMILES string of the molecule is CCCCc1ccc(S(=O)(=O)c2cnc(SCC(N)=O)[nH]c2=O)cc1. The van der Waals surface area contributed by atoms with Gasteiger partial charge in [-0.3, -0.25) is 9.59 Å². The van der Waals surface area contributed by atoms with Crippen LogP contribution in [0.2, 0.25) is 0 Å². The standard InChI is InChI=1S/C16H19N3O4S2/c1-2-3-4-11-5-7-12(8-6-11)25(22,23)13-9-18-16(19-15(13)21)24-10-14(17)20/h5-9H,2-4,10H2,1H3,(H2,17,20)(H,18,19,21). The number of hydrogen-bond acceptors (Lipinski definition) is 6. The van der Waals surface area contributed by atoms with Gasteiger partial charge in [0.05, 0.1) is 16.8 Å². The molecular formula is C16H19N3O4S2. The largest absolute Gasteiger partial charge is 0.369 e. The van der Waals surface area contributed by atoms with Crippen molar-refractivity contribution in [2.45, 2.75) is 41.1 Å². The molecule has 0 spiro atoms. The second-order valence-corrected chi connectivity index (χ2v) is 8.27. The molecule has 0 atom stereocenters. The van der Waals surface area contributed by atoms with Crippen LogP contribution in [0.15, 0.2) is 50.2 Å². The predicted molar refractivity (Wildman–Crippen MR) is 95.3 cm³/mol. The number of aromatic amines is 1. The maximum atomic E-state index is 12.6. The smallest absolute Gasteiger partial charge is 0.270 e. The van der Waals surface area contributed by atoms with Crippen molar-refractivity contribution >= 4 is 27.5 Å². The van der Waals surface area contributed by atoms with Crippen molar-refractivity contribution in [1.82, 2.24) is 9.97 Å². The lowest BCUT2D eigenvalue weighted by Crippen LogP contribution is -2.20. The monoisotopic (exact) mass is 381 g/mol. The van der Waals surface area contributed by atoms with Gasteiger partial charge in [0.1, 0.15) is 0 Å². The van der Waals surface area contributed by atoms with E-state index in [4.69, 9.17) is 5.73 Å². The van der Waals surface area contributed by atoms with Crippen LogP contribution >= 0.6 is 11.8 Å². The maximum absolute atomic E-state index is 12.6. The van der Waals surface area contributed by atoms with Crippen LogP contribution < -0.4 is 11.3 Å². The van der Waals surface area contributed by atoms with Gasteiger partial charge in [-0.25, -0.2) is 13.4 Å². The van der Waals surface area contributed by atoms with Crippen molar-refractivity contribution in [3.63, 3.8) is 0 Å². The Morgan fingerprint density at radius 3 is 2.52 bits per heavy atom. The molecule has 3 N–H and O–H groups in total. The van der Waals surface area contributed by atoms with E-state index >= 15 is 0 Å². The number of thioether (sulfide) groups is 1. The molecule has 0 radical (unpaired) electrons. The molecule has 1 aromatic carbocycles. The number of nitrogens with zero attached hydrogens (tertiary/aromatic N) is 1. The van der Waals surface area contributed by atoms with E-state index in [0.29, 0.717) is 0 Å². The van der Waals surface area contributed by atoms with E-state index in [1.807, 2.05) is 0 Å². The van der Waals surface area contributed by atoms with Gasteiger partial charge in [-0.05, 0) is 30.5 Å². The molecule has 1 aromatic heterocycles. The van der Waals surface area contributed by atoms with Gasteiger partial charge in [-0.1, -0.05) is 37.2 Å². The van der Waals surface area contributed by atoms with Crippen LogP contribution in [0.4, 0.5) is 0 Å². The number of unbranched alkanes of at least 4 members (excludes halogenated alkanes) is 1. The highest BCUT2D eigenvalue weighted by atomic mass is 32.2. The molecule has 7 nitrogen and oxygen atoms in total. The van der Waals surface area contributed by atoms with Gasteiger partial charge in [0, 0.05) is 0 Å². The Hall–Kier alpha value is -2.13. The van der Waals surface area contributed by atoms with Crippen molar-refractivity contribution in [1.29, 1.82) is 0 Å². The molecule has 9 heteroatoms. The van der Waals surface area contributed by atoms with Gasteiger partial charge in [-0.15, -0.1) is 0 Å². The lowest BCUT2D eigenvalue weighted by Gasteiger charge is -2.06. The Labute approximate surface area is 150 Å². The van der Waals surface area contributed by atoms with E-state index in [-0.39, 0.29) is 15.8 Å². The molecule has 1 heterocycles. The number of benzene rings is 1. The fourth-order valence-electron chi connectivity index (χ4n) is 2.11. The van der Waals surface area contributed by atoms with Crippen LogP contribution in [0.5, 0.6) is 0 Å². The molecule has 0 unspecified atom stereocenters. The fraction of sp³-hybridized carbons (Fsp3) is 0.312. The summed E-state index contributed by atoms with van der Waals surface area (Å²) in [6, 6.07) is 6.49. The second kappa shape index (κ2) is 8.30. The van der Waals surface area contributed by atoms with Crippen molar-refractivity contribution in [2.24, 2.45) is 5.73 Å². The number of hydrogen-bond donors (Lipinski definition) is 2. The number of carbonyl (C=O) groups excluding carboxylic acids is 1. The van der Waals surface area contributed by atoms with Gasteiger partial charge in [-0.2, -0.15) is 0 Å². The highest BCUT2D eigenvalue weighted by Crippen LogP contribution is 2.19. The molecular weight excluding hydrogens is 362 g/mol.